The highest BCUT2D eigenvalue weighted by molar-refractivity contribution is 5.91. The maximum absolute atomic E-state index is 12.2. The van der Waals surface area contributed by atoms with Crippen molar-refractivity contribution in [1.29, 1.82) is 0 Å². The molecule has 124 valence electrons. The number of aryl methyl sites for hydroxylation is 1. The van der Waals surface area contributed by atoms with E-state index in [0.29, 0.717) is 5.92 Å². The highest BCUT2D eigenvalue weighted by atomic mass is 16.3. The van der Waals surface area contributed by atoms with Crippen molar-refractivity contribution in [2.75, 3.05) is 11.9 Å². The average molecular weight is 306 g/mol. The summed E-state index contributed by atoms with van der Waals surface area (Å²) in [7, 11) is 0. The van der Waals surface area contributed by atoms with E-state index in [1.165, 1.54) is 0 Å². The average Bonchev–Trinajstić information content (AvgIpc) is 2.46. The van der Waals surface area contributed by atoms with E-state index in [4.69, 9.17) is 0 Å². The fourth-order valence-corrected chi connectivity index (χ4v) is 2.37. The van der Waals surface area contributed by atoms with E-state index in [1.807, 2.05) is 39.0 Å². The largest absolute Gasteiger partial charge is 0.388 e. The molecule has 4 nitrogen and oxygen atoms in total. The lowest BCUT2D eigenvalue weighted by Crippen LogP contribution is -2.46. The second-order valence-corrected chi connectivity index (χ2v) is 6.67. The van der Waals surface area contributed by atoms with Gasteiger partial charge in [-0.3, -0.25) is 0 Å². The van der Waals surface area contributed by atoms with Crippen molar-refractivity contribution in [1.82, 2.24) is 5.32 Å². The quantitative estimate of drug-likeness (QED) is 0.743. The maximum atomic E-state index is 12.2. The molecular weight excluding hydrogens is 276 g/mol. The number of benzene rings is 1. The Bertz CT molecular complexity index is 510. The van der Waals surface area contributed by atoms with Gasteiger partial charge in [0.2, 0.25) is 0 Å². The van der Waals surface area contributed by atoms with Crippen molar-refractivity contribution in [3.8, 4) is 0 Å². The standard InChI is InChI=1S/C18H30N2O2/c1-7-14(5)18(6,22)11-19-17(21)20-16-13(4)9-8-10-15(16)12(2)3/h8-10,12,14,22H,7,11H2,1-6H3,(H2,19,20,21). The summed E-state index contributed by atoms with van der Waals surface area (Å²) in [6.07, 6.45) is 0.867. The number of rotatable bonds is 6. The number of aliphatic hydroxyl groups is 1. The van der Waals surface area contributed by atoms with Gasteiger partial charge in [-0.25, -0.2) is 4.79 Å². The van der Waals surface area contributed by atoms with Gasteiger partial charge in [0, 0.05) is 12.2 Å². The zero-order chi connectivity index (χ0) is 16.9. The van der Waals surface area contributed by atoms with Gasteiger partial charge in [0.15, 0.2) is 0 Å². The number of carbonyl (C=O) groups is 1. The molecule has 0 heterocycles. The molecule has 1 aromatic carbocycles. The first-order chi connectivity index (χ1) is 10.2. The Morgan fingerprint density at radius 3 is 2.50 bits per heavy atom. The molecule has 2 unspecified atom stereocenters. The minimum absolute atomic E-state index is 0.123. The first-order valence-electron chi connectivity index (χ1n) is 8.05. The van der Waals surface area contributed by atoms with Crippen molar-refractivity contribution >= 4 is 11.7 Å². The van der Waals surface area contributed by atoms with Crippen LogP contribution in [0.25, 0.3) is 0 Å². The zero-order valence-corrected chi connectivity index (χ0v) is 14.7. The van der Waals surface area contributed by atoms with E-state index in [0.717, 1.165) is 23.2 Å². The molecular formula is C18H30N2O2. The van der Waals surface area contributed by atoms with Crippen LogP contribution in [0.5, 0.6) is 0 Å². The molecule has 0 saturated carbocycles. The topological polar surface area (TPSA) is 61.4 Å². The van der Waals surface area contributed by atoms with Gasteiger partial charge in [-0.15, -0.1) is 0 Å². The highest BCUT2D eigenvalue weighted by Crippen LogP contribution is 2.27. The molecule has 0 spiro atoms. The summed E-state index contributed by atoms with van der Waals surface area (Å²) in [4.78, 5) is 12.2. The Kier molecular flexibility index (Phi) is 6.42. The van der Waals surface area contributed by atoms with Crippen LogP contribution < -0.4 is 10.6 Å². The van der Waals surface area contributed by atoms with E-state index < -0.39 is 5.60 Å². The number of hydrogen-bond donors (Lipinski definition) is 3. The van der Waals surface area contributed by atoms with Crippen LogP contribution >= 0.6 is 0 Å². The normalized spacial score (nSPS) is 15.3. The molecule has 1 aromatic rings. The van der Waals surface area contributed by atoms with E-state index in [2.05, 4.69) is 24.5 Å². The second kappa shape index (κ2) is 7.63. The fourth-order valence-electron chi connectivity index (χ4n) is 2.37. The molecule has 0 aliphatic rings. The van der Waals surface area contributed by atoms with Gasteiger partial charge >= 0.3 is 6.03 Å². The van der Waals surface area contributed by atoms with Crippen LogP contribution in [0, 0.1) is 12.8 Å². The number of para-hydroxylation sites is 1. The Hall–Kier alpha value is -1.55. The van der Waals surface area contributed by atoms with Crippen LogP contribution in [-0.4, -0.2) is 23.3 Å². The second-order valence-electron chi connectivity index (χ2n) is 6.67. The van der Waals surface area contributed by atoms with Gasteiger partial charge in [-0.05, 0) is 36.8 Å². The minimum atomic E-state index is -0.904. The molecule has 0 bridgehead atoms. The minimum Gasteiger partial charge on any atom is -0.388 e. The van der Waals surface area contributed by atoms with Gasteiger partial charge in [-0.1, -0.05) is 52.3 Å². The van der Waals surface area contributed by atoms with E-state index >= 15 is 0 Å². The first kappa shape index (κ1) is 18.5. The Balaban J connectivity index is 2.75. The third kappa shape index (κ3) is 4.73. The molecule has 0 fully saturated rings. The molecule has 22 heavy (non-hydrogen) atoms. The summed E-state index contributed by atoms with van der Waals surface area (Å²) in [6.45, 7) is 12.2. The van der Waals surface area contributed by atoms with Gasteiger partial charge < -0.3 is 15.7 Å². The van der Waals surface area contributed by atoms with Crippen LogP contribution in [0.3, 0.4) is 0 Å². The molecule has 0 aromatic heterocycles. The van der Waals surface area contributed by atoms with Gasteiger partial charge in [0.05, 0.1) is 5.60 Å². The number of carbonyl (C=O) groups excluding carboxylic acids is 1. The lowest BCUT2D eigenvalue weighted by Gasteiger charge is -2.30. The number of amides is 2. The number of nitrogens with one attached hydrogen (secondary N) is 2. The molecule has 1 rings (SSSR count). The van der Waals surface area contributed by atoms with Gasteiger partial charge in [0.1, 0.15) is 0 Å². The molecule has 2 amide bonds. The summed E-state index contributed by atoms with van der Waals surface area (Å²) < 4.78 is 0. The number of urea groups is 1. The number of hydrogen-bond acceptors (Lipinski definition) is 2. The van der Waals surface area contributed by atoms with Crippen LogP contribution in [-0.2, 0) is 0 Å². The van der Waals surface area contributed by atoms with Crippen molar-refractivity contribution in [3.63, 3.8) is 0 Å². The third-order valence-corrected chi connectivity index (χ3v) is 4.45. The first-order valence-corrected chi connectivity index (χ1v) is 8.05. The van der Waals surface area contributed by atoms with Gasteiger partial charge in [0.25, 0.3) is 0 Å². The molecule has 0 radical (unpaired) electrons. The van der Waals surface area contributed by atoms with Crippen LogP contribution in [0.4, 0.5) is 10.5 Å². The van der Waals surface area contributed by atoms with Crippen molar-refractivity contribution < 1.29 is 9.90 Å². The predicted molar refractivity (Wildman–Crippen MR) is 92.4 cm³/mol. The highest BCUT2D eigenvalue weighted by Gasteiger charge is 2.27. The van der Waals surface area contributed by atoms with E-state index in [-0.39, 0.29) is 18.5 Å². The molecule has 4 heteroatoms. The van der Waals surface area contributed by atoms with Crippen LogP contribution in [0.2, 0.25) is 0 Å². The lowest BCUT2D eigenvalue weighted by atomic mass is 9.89. The molecule has 2 atom stereocenters. The summed E-state index contributed by atoms with van der Waals surface area (Å²) in [6, 6.07) is 5.74. The summed E-state index contributed by atoms with van der Waals surface area (Å²) in [5.74, 6) is 0.455. The van der Waals surface area contributed by atoms with Crippen molar-refractivity contribution in [2.45, 2.75) is 59.5 Å². The molecule has 0 aliphatic heterocycles. The molecule has 0 aliphatic carbocycles. The summed E-state index contributed by atoms with van der Waals surface area (Å²) in [5.41, 5.74) is 2.11. The van der Waals surface area contributed by atoms with Crippen molar-refractivity contribution in [3.05, 3.63) is 29.3 Å². The summed E-state index contributed by atoms with van der Waals surface area (Å²) >= 11 is 0. The van der Waals surface area contributed by atoms with Crippen LogP contribution in [0.15, 0.2) is 18.2 Å². The predicted octanol–water partition coefficient (Wildman–Crippen LogP) is 4.04. The Labute approximate surface area is 134 Å². The third-order valence-electron chi connectivity index (χ3n) is 4.45. The number of anilines is 1. The monoisotopic (exact) mass is 306 g/mol. The van der Waals surface area contributed by atoms with Gasteiger partial charge in [-0.2, -0.15) is 0 Å². The van der Waals surface area contributed by atoms with E-state index in [9.17, 15) is 9.90 Å². The summed E-state index contributed by atoms with van der Waals surface area (Å²) in [5, 5.41) is 16.1. The Morgan fingerprint density at radius 2 is 1.95 bits per heavy atom. The van der Waals surface area contributed by atoms with Crippen LogP contribution in [0.1, 0.15) is 58.1 Å². The van der Waals surface area contributed by atoms with E-state index in [1.54, 1.807) is 6.92 Å². The SMILES string of the molecule is CCC(C)C(C)(O)CNC(=O)Nc1c(C)cccc1C(C)C. The smallest absolute Gasteiger partial charge is 0.319 e. The van der Waals surface area contributed by atoms with Crippen molar-refractivity contribution in [2.24, 2.45) is 5.92 Å². The Morgan fingerprint density at radius 1 is 1.32 bits per heavy atom. The molecule has 3 N–H and O–H groups in total. The molecule has 0 saturated heterocycles. The fraction of sp³-hybridized carbons (Fsp3) is 0.611. The zero-order valence-electron chi connectivity index (χ0n) is 14.7. The lowest BCUT2D eigenvalue weighted by molar-refractivity contribution is 0.00827. The maximum Gasteiger partial charge on any atom is 0.319 e.